The number of ether oxygens (including phenoxy) is 1. The van der Waals surface area contributed by atoms with Crippen molar-refractivity contribution in [1.29, 1.82) is 0 Å². The zero-order valence-electron chi connectivity index (χ0n) is 13.7. The molecule has 0 radical (unpaired) electrons. The minimum Gasteiger partial charge on any atom is -0.481 e. The predicted octanol–water partition coefficient (Wildman–Crippen LogP) is 2.02. The van der Waals surface area contributed by atoms with Crippen LogP contribution in [0.1, 0.15) is 11.1 Å². The second-order valence-corrected chi connectivity index (χ2v) is 5.24. The van der Waals surface area contributed by atoms with Gasteiger partial charge in [0.05, 0.1) is 12.8 Å². The van der Waals surface area contributed by atoms with Gasteiger partial charge in [0.1, 0.15) is 5.75 Å². The molecule has 7 nitrogen and oxygen atoms in total. The first-order valence-electron chi connectivity index (χ1n) is 7.60. The van der Waals surface area contributed by atoms with Crippen molar-refractivity contribution in [3.05, 3.63) is 59.7 Å². The summed E-state index contributed by atoms with van der Waals surface area (Å²) in [6.07, 6.45) is 1.40. The van der Waals surface area contributed by atoms with Crippen LogP contribution in [0, 0.1) is 6.92 Å². The average molecular weight is 341 g/mol. The number of carboxylic acid groups (broad SMARTS) is 1. The van der Waals surface area contributed by atoms with E-state index in [0.29, 0.717) is 11.3 Å². The van der Waals surface area contributed by atoms with Crippen molar-refractivity contribution in [1.82, 2.24) is 5.43 Å². The van der Waals surface area contributed by atoms with E-state index in [1.165, 1.54) is 6.21 Å². The Labute approximate surface area is 145 Å². The fourth-order valence-electron chi connectivity index (χ4n) is 2.01. The number of benzene rings is 2. The minimum atomic E-state index is -1.07. The molecule has 130 valence electrons. The van der Waals surface area contributed by atoms with Crippen molar-refractivity contribution < 1.29 is 19.4 Å². The summed E-state index contributed by atoms with van der Waals surface area (Å²) in [4.78, 5) is 22.4. The van der Waals surface area contributed by atoms with Crippen molar-refractivity contribution >= 4 is 23.8 Å². The normalized spacial score (nSPS) is 10.4. The van der Waals surface area contributed by atoms with Crippen LogP contribution < -0.4 is 15.5 Å². The Balaban J connectivity index is 1.86. The average Bonchev–Trinajstić information content (AvgIpc) is 2.59. The lowest BCUT2D eigenvalue weighted by atomic mass is 10.2. The molecule has 2 aromatic rings. The molecule has 0 atom stereocenters. The molecule has 0 aliphatic heterocycles. The van der Waals surface area contributed by atoms with E-state index in [4.69, 9.17) is 9.84 Å². The van der Waals surface area contributed by atoms with Gasteiger partial charge in [-0.05, 0) is 36.8 Å². The van der Waals surface area contributed by atoms with Crippen LogP contribution in [0.2, 0.25) is 0 Å². The highest BCUT2D eigenvalue weighted by Crippen LogP contribution is 2.15. The van der Waals surface area contributed by atoms with Gasteiger partial charge < -0.3 is 15.2 Å². The fourth-order valence-corrected chi connectivity index (χ4v) is 2.01. The summed E-state index contributed by atoms with van der Waals surface area (Å²) in [7, 11) is 0. The third-order valence-electron chi connectivity index (χ3n) is 3.13. The molecule has 3 N–H and O–H groups in total. The maximum atomic E-state index is 11.8. The molecule has 2 aromatic carbocycles. The van der Waals surface area contributed by atoms with Crippen molar-refractivity contribution in [2.24, 2.45) is 5.10 Å². The first-order chi connectivity index (χ1) is 12.0. The molecule has 25 heavy (non-hydrogen) atoms. The van der Waals surface area contributed by atoms with Crippen molar-refractivity contribution in [3.63, 3.8) is 0 Å². The number of hydrogen-bond donors (Lipinski definition) is 3. The number of hydrogen-bond acceptors (Lipinski definition) is 5. The van der Waals surface area contributed by atoms with Crippen molar-refractivity contribution in [3.8, 4) is 5.75 Å². The highest BCUT2D eigenvalue weighted by Gasteiger charge is 2.04. The molecular formula is C18H19N3O4. The molecule has 0 aromatic heterocycles. The summed E-state index contributed by atoms with van der Waals surface area (Å²) in [5, 5.41) is 15.5. The van der Waals surface area contributed by atoms with Crippen LogP contribution in [0.15, 0.2) is 53.6 Å². The summed E-state index contributed by atoms with van der Waals surface area (Å²) in [6, 6.07) is 14.5. The van der Waals surface area contributed by atoms with Gasteiger partial charge in [-0.2, -0.15) is 5.10 Å². The van der Waals surface area contributed by atoms with E-state index in [1.807, 2.05) is 31.2 Å². The van der Waals surface area contributed by atoms with Gasteiger partial charge in [0.25, 0.3) is 5.91 Å². The van der Waals surface area contributed by atoms with Gasteiger partial charge in [-0.1, -0.05) is 24.3 Å². The number of para-hydroxylation sites is 1. The van der Waals surface area contributed by atoms with E-state index in [2.05, 4.69) is 15.8 Å². The molecule has 0 spiro atoms. The Morgan fingerprint density at radius 1 is 1.20 bits per heavy atom. The lowest BCUT2D eigenvalue weighted by Gasteiger charge is -2.07. The molecule has 0 fully saturated rings. The third-order valence-corrected chi connectivity index (χ3v) is 3.13. The van der Waals surface area contributed by atoms with Crippen LogP contribution in [-0.4, -0.2) is 36.3 Å². The number of aryl methyl sites for hydroxylation is 1. The first-order valence-corrected chi connectivity index (χ1v) is 7.60. The van der Waals surface area contributed by atoms with Crippen LogP contribution >= 0.6 is 0 Å². The van der Waals surface area contributed by atoms with Crippen LogP contribution in [0.5, 0.6) is 5.75 Å². The lowest BCUT2D eigenvalue weighted by Crippen LogP contribution is -2.25. The van der Waals surface area contributed by atoms with Crippen molar-refractivity contribution in [2.75, 3.05) is 18.5 Å². The standard InChI is InChI=1S/C18H19N3O4/c1-13-5-4-7-15(9-13)19-11-17(22)21-20-10-14-6-2-3-8-16(14)25-12-18(23)24/h2-10,19H,11-12H2,1H3,(H,21,22)(H,23,24). The van der Waals surface area contributed by atoms with E-state index in [9.17, 15) is 9.59 Å². The SMILES string of the molecule is Cc1cccc(NCC(=O)NN=Cc2ccccc2OCC(=O)O)c1. The lowest BCUT2D eigenvalue weighted by molar-refractivity contribution is -0.139. The maximum absolute atomic E-state index is 11.8. The van der Waals surface area contributed by atoms with E-state index >= 15 is 0 Å². The molecule has 0 saturated carbocycles. The maximum Gasteiger partial charge on any atom is 0.341 e. The number of nitrogens with zero attached hydrogens (tertiary/aromatic N) is 1. The molecule has 0 unspecified atom stereocenters. The van der Waals surface area contributed by atoms with Crippen LogP contribution in [0.25, 0.3) is 0 Å². The number of carboxylic acids is 1. The summed E-state index contributed by atoms with van der Waals surface area (Å²) in [5.74, 6) is -0.996. The number of carbonyl (C=O) groups excluding carboxylic acids is 1. The predicted molar refractivity (Wildman–Crippen MR) is 95.0 cm³/mol. The Bertz CT molecular complexity index is 774. The van der Waals surface area contributed by atoms with Crippen LogP contribution in [0.3, 0.4) is 0 Å². The van der Waals surface area contributed by atoms with Gasteiger partial charge in [-0.15, -0.1) is 0 Å². The van der Waals surface area contributed by atoms with E-state index in [-0.39, 0.29) is 12.5 Å². The Morgan fingerprint density at radius 2 is 2.00 bits per heavy atom. The van der Waals surface area contributed by atoms with Gasteiger partial charge in [-0.25, -0.2) is 10.2 Å². The molecule has 0 heterocycles. The van der Waals surface area contributed by atoms with E-state index in [1.54, 1.807) is 24.3 Å². The second kappa shape index (κ2) is 9.07. The van der Waals surface area contributed by atoms with Gasteiger partial charge >= 0.3 is 5.97 Å². The molecule has 1 amide bonds. The number of rotatable bonds is 8. The number of anilines is 1. The smallest absolute Gasteiger partial charge is 0.341 e. The number of aliphatic carboxylic acids is 1. The van der Waals surface area contributed by atoms with Crippen LogP contribution in [-0.2, 0) is 9.59 Å². The van der Waals surface area contributed by atoms with Gasteiger partial charge in [0.2, 0.25) is 0 Å². The zero-order chi connectivity index (χ0) is 18.1. The highest BCUT2D eigenvalue weighted by atomic mass is 16.5. The monoisotopic (exact) mass is 341 g/mol. The Hall–Kier alpha value is -3.35. The molecule has 0 aliphatic carbocycles. The number of nitrogens with one attached hydrogen (secondary N) is 2. The second-order valence-electron chi connectivity index (χ2n) is 5.24. The van der Waals surface area contributed by atoms with Crippen LogP contribution in [0.4, 0.5) is 5.69 Å². The third kappa shape index (κ3) is 6.34. The quantitative estimate of drug-likeness (QED) is 0.504. The minimum absolute atomic E-state index is 0.0813. The molecular weight excluding hydrogens is 322 g/mol. The number of carbonyl (C=O) groups is 2. The van der Waals surface area contributed by atoms with E-state index in [0.717, 1.165) is 11.3 Å². The van der Waals surface area contributed by atoms with Crippen molar-refractivity contribution in [2.45, 2.75) is 6.92 Å². The number of hydrazone groups is 1. The Morgan fingerprint density at radius 3 is 2.76 bits per heavy atom. The molecule has 0 aliphatic rings. The first kappa shape index (κ1) is 18.0. The fraction of sp³-hybridized carbons (Fsp3) is 0.167. The molecule has 0 bridgehead atoms. The topological polar surface area (TPSA) is 100 Å². The summed E-state index contributed by atoms with van der Waals surface area (Å²) in [6.45, 7) is 1.61. The summed E-state index contributed by atoms with van der Waals surface area (Å²) in [5.41, 5.74) is 4.92. The summed E-state index contributed by atoms with van der Waals surface area (Å²) >= 11 is 0. The van der Waals surface area contributed by atoms with Gasteiger partial charge in [-0.3, -0.25) is 4.79 Å². The Kier molecular flexibility index (Phi) is 6.53. The molecule has 2 rings (SSSR count). The molecule has 0 saturated heterocycles. The number of amides is 1. The molecule has 7 heteroatoms. The van der Waals surface area contributed by atoms with Gasteiger partial charge in [0.15, 0.2) is 6.61 Å². The van der Waals surface area contributed by atoms with E-state index < -0.39 is 12.6 Å². The summed E-state index contributed by atoms with van der Waals surface area (Å²) < 4.78 is 5.16. The van der Waals surface area contributed by atoms with Gasteiger partial charge in [0, 0.05) is 11.3 Å². The largest absolute Gasteiger partial charge is 0.481 e. The highest BCUT2D eigenvalue weighted by molar-refractivity contribution is 5.86. The zero-order valence-corrected chi connectivity index (χ0v) is 13.7.